The second-order valence-electron chi connectivity index (χ2n) is 5.42. The summed E-state index contributed by atoms with van der Waals surface area (Å²) in [6.07, 6.45) is 1.62. The van der Waals surface area contributed by atoms with Gasteiger partial charge in [0.05, 0.1) is 4.92 Å². The highest BCUT2D eigenvalue weighted by atomic mass is 16.6. The minimum Gasteiger partial charge on any atom is -0.398 e. The zero-order chi connectivity index (χ0) is 14.5. The van der Waals surface area contributed by atoms with E-state index < -0.39 is 4.92 Å². The SMILES string of the molecule is CC(C)(CCCO)CNc1cc(N)cc([N+](=O)[O-])c1. The number of nitrogens with one attached hydrogen (secondary N) is 1. The highest BCUT2D eigenvalue weighted by Gasteiger charge is 2.17. The number of anilines is 2. The van der Waals surface area contributed by atoms with Gasteiger partial charge in [0.15, 0.2) is 0 Å². The Hall–Kier alpha value is -1.82. The van der Waals surface area contributed by atoms with Gasteiger partial charge >= 0.3 is 0 Å². The topological polar surface area (TPSA) is 101 Å². The Bertz CT molecular complexity index is 447. The van der Waals surface area contributed by atoms with Gasteiger partial charge in [-0.05, 0) is 24.3 Å². The minimum atomic E-state index is -0.460. The smallest absolute Gasteiger partial charge is 0.273 e. The van der Waals surface area contributed by atoms with Crippen molar-refractivity contribution in [3.05, 3.63) is 28.3 Å². The van der Waals surface area contributed by atoms with Crippen LogP contribution in [0.15, 0.2) is 18.2 Å². The molecular formula is C13H21N3O3. The fourth-order valence-corrected chi connectivity index (χ4v) is 1.83. The van der Waals surface area contributed by atoms with Gasteiger partial charge in [-0.3, -0.25) is 10.1 Å². The van der Waals surface area contributed by atoms with Gasteiger partial charge in [-0.15, -0.1) is 0 Å². The predicted molar refractivity (Wildman–Crippen MR) is 76.1 cm³/mol. The van der Waals surface area contributed by atoms with Gasteiger partial charge in [-0.25, -0.2) is 0 Å². The molecule has 0 saturated heterocycles. The van der Waals surface area contributed by atoms with E-state index in [9.17, 15) is 10.1 Å². The van der Waals surface area contributed by atoms with Crippen molar-refractivity contribution in [2.24, 2.45) is 5.41 Å². The lowest BCUT2D eigenvalue weighted by atomic mass is 9.88. The summed E-state index contributed by atoms with van der Waals surface area (Å²) in [5.41, 5.74) is 6.63. The summed E-state index contributed by atoms with van der Waals surface area (Å²) in [6, 6.07) is 4.48. The van der Waals surface area contributed by atoms with Crippen LogP contribution in [-0.2, 0) is 0 Å². The molecular weight excluding hydrogens is 246 g/mol. The number of hydrogen-bond donors (Lipinski definition) is 3. The van der Waals surface area contributed by atoms with Crippen LogP contribution < -0.4 is 11.1 Å². The third-order valence-corrected chi connectivity index (χ3v) is 2.93. The molecule has 6 heteroatoms. The lowest BCUT2D eigenvalue weighted by Gasteiger charge is -2.25. The fraction of sp³-hybridized carbons (Fsp3) is 0.538. The van der Waals surface area contributed by atoms with Crippen LogP contribution in [0.4, 0.5) is 17.1 Å². The Balaban J connectivity index is 2.69. The third kappa shape index (κ3) is 5.13. The van der Waals surface area contributed by atoms with Crippen molar-refractivity contribution < 1.29 is 10.0 Å². The molecule has 0 amide bonds. The van der Waals surface area contributed by atoms with Crippen LogP contribution in [0.1, 0.15) is 26.7 Å². The van der Waals surface area contributed by atoms with Crippen LogP contribution in [0.25, 0.3) is 0 Å². The molecule has 4 N–H and O–H groups in total. The van der Waals surface area contributed by atoms with Gasteiger partial charge < -0.3 is 16.2 Å². The summed E-state index contributed by atoms with van der Waals surface area (Å²) in [6.45, 7) is 4.99. The van der Waals surface area contributed by atoms with Gasteiger partial charge in [-0.1, -0.05) is 13.8 Å². The molecule has 1 aromatic carbocycles. The number of nitrogen functional groups attached to an aromatic ring is 1. The number of aliphatic hydroxyl groups is 1. The molecule has 0 atom stereocenters. The van der Waals surface area contributed by atoms with Crippen molar-refractivity contribution in [1.82, 2.24) is 0 Å². The lowest BCUT2D eigenvalue weighted by molar-refractivity contribution is -0.384. The Morgan fingerprint density at radius 2 is 2.11 bits per heavy atom. The number of nitrogens with zero attached hydrogens (tertiary/aromatic N) is 1. The highest BCUT2D eigenvalue weighted by molar-refractivity contribution is 5.61. The van der Waals surface area contributed by atoms with E-state index in [4.69, 9.17) is 10.8 Å². The predicted octanol–water partition coefficient (Wildman–Crippen LogP) is 2.39. The molecule has 0 saturated carbocycles. The quantitative estimate of drug-likeness (QED) is 0.400. The monoisotopic (exact) mass is 267 g/mol. The molecule has 106 valence electrons. The summed E-state index contributed by atoms with van der Waals surface area (Å²) in [7, 11) is 0. The number of benzene rings is 1. The number of rotatable bonds is 7. The maximum atomic E-state index is 10.7. The van der Waals surface area contributed by atoms with Crippen LogP contribution in [0.3, 0.4) is 0 Å². The van der Waals surface area contributed by atoms with Crippen molar-refractivity contribution in [2.75, 3.05) is 24.2 Å². The molecule has 0 aliphatic rings. The summed E-state index contributed by atoms with van der Waals surface area (Å²) in [4.78, 5) is 10.3. The minimum absolute atomic E-state index is 0.00210. The van der Waals surface area contributed by atoms with Crippen LogP contribution in [0.2, 0.25) is 0 Å². The van der Waals surface area contributed by atoms with Crippen molar-refractivity contribution in [3.63, 3.8) is 0 Å². The summed E-state index contributed by atoms with van der Waals surface area (Å²) in [5.74, 6) is 0. The van der Waals surface area contributed by atoms with Gasteiger partial charge in [0, 0.05) is 36.7 Å². The van der Waals surface area contributed by atoms with E-state index in [0.717, 1.165) is 12.8 Å². The first-order chi connectivity index (χ1) is 8.84. The van der Waals surface area contributed by atoms with E-state index in [1.165, 1.54) is 12.1 Å². The van der Waals surface area contributed by atoms with Crippen molar-refractivity contribution >= 4 is 17.1 Å². The molecule has 19 heavy (non-hydrogen) atoms. The van der Waals surface area contributed by atoms with Gasteiger partial charge in [0.25, 0.3) is 5.69 Å². The molecule has 0 aliphatic carbocycles. The van der Waals surface area contributed by atoms with Crippen molar-refractivity contribution in [1.29, 1.82) is 0 Å². The molecule has 0 spiro atoms. The molecule has 0 aliphatic heterocycles. The number of nitro benzene ring substituents is 1. The number of nitrogens with two attached hydrogens (primary N) is 1. The fourth-order valence-electron chi connectivity index (χ4n) is 1.83. The molecule has 0 fully saturated rings. The zero-order valence-corrected chi connectivity index (χ0v) is 11.3. The highest BCUT2D eigenvalue weighted by Crippen LogP contribution is 2.26. The summed E-state index contributed by atoms with van der Waals surface area (Å²) < 4.78 is 0. The first-order valence-electron chi connectivity index (χ1n) is 6.24. The lowest BCUT2D eigenvalue weighted by Crippen LogP contribution is -2.23. The van der Waals surface area contributed by atoms with Crippen LogP contribution >= 0.6 is 0 Å². The number of aliphatic hydroxyl groups excluding tert-OH is 1. The van der Waals surface area contributed by atoms with E-state index >= 15 is 0 Å². The zero-order valence-electron chi connectivity index (χ0n) is 11.3. The molecule has 0 bridgehead atoms. The van der Waals surface area contributed by atoms with E-state index in [-0.39, 0.29) is 17.7 Å². The second-order valence-corrected chi connectivity index (χ2v) is 5.42. The maximum absolute atomic E-state index is 10.7. The maximum Gasteiger partial charge on any atom is 0.273 e. The van der Waals surface area contributed by atoms with Crippen LogP contribution in [-0.4, -0.2) is 23.2 Å². The van der Waals surface area contributed by atoms with Gasteiger partial charge in [0.1, 0.15) is 0 Å². The van der Waals surface area contributed by atoms with E-state index in [0.29, 0.717) is 17.9 Å². The Morgan fingerprint density at radius 3 is 2.68 bits per heavy atom. The molecule has 0 radical (unpaired) electrons. The Labute approximate surface area is 112 Å². The standard InChI is InChI=1S/C13H21N3O3/c1-13(2,4-3-5-17)9-15-11-6-10(14)7-12(8-11)16(18)19/h6-8,15,17H,3-5,9,14H2,1-2H3. The van der Waals surface area contributed by atoms with Crippen LogP contribution in [0, 0.1) is 15.5 Å². The van der Waals surface area contributed by atoms with E-state index in [2.05, 4.69) is 19.2 Å². The molecule has 0 unspecified atom stereocenters. The Kier molecular flexibility index (Phi) is 5.11. The third-order valence-electron chi connectivity index (χ3n) is 2.93. The van der Waals surface area contributed by atoms with E-state index in [1.807, 2.05) is 0 Å². The average Bonchev–Trinajstić information content (AvgIpc) is 2.33. The normalized spacial score (nSPS) is 11.3. The first-order valence-corrected chi connectivity index (χ1v) is 6.24. The van der Waals surface area contributed by atoms with E-state index in [1.54, 1.807) is 6.07 Å². The Morgan fingerprint density at radius 1 is 1.42 bits per heavy atom. The van der Waals surface area contributed by atoms with Crippen LogP contribution in [0.5, 0.6) is 0 Å². The number of non-ortho nitro benzene ring substituents is 1. The number of hydrogen-bond acceptors (Lipinski definition) is 5. The first kappa shape index (κ1) is 15.2. The molecule has 0 heterocycles. The largest absolute Gasteiger partial charge is 0.398 e. The summed E-state index contributed by atoms with van der Waals surface area (Å²) in [5, 5.41) is 22.7. The average molecular weight is 267 g/mol. The molecule has 1 rings (SSSR count). The summed E-state index contributed by atoms with van der Waals surface area (Å²) >= 11 is 0. The molecule has 6 nitrogen and oxygen atoms in total. The number of nitro groups is 1. The van der Waals surface area contributed by atoms with Gasteiger partial charge in [0.2, 0.25) is 0 Å². The molecule has 0 aromatic heterocycles. The second kappa shape index (κ2) is 6.38. The van der Waals surface area contributed by atoms with Crippen molar-refractivity contribution in [2.45, 2.75) is 26.7 Å². The van der Waals surface area contributed by atoms with Crippen molar-refractivity contribution in [3.8, 4) is 0 Å². The molecule has 1 aromatic rings. The van der Waals surface area contributed by atoms with Gasteiger partial charge in [-0.2, -0.15) is 0 Å².